The number of aliphatic hydroxyl groups excluding tert-OH is 1. The zero-order chi connectivity index (χ0) is 34.2. The third-order valence-corrected chi connectivity index (χ3v) is 16.4. The van der Waals surface area contributed by atoms with Crippen LogP contribution in [0.3, 0.4) is 0 Å². The van der Waals surface area contributed by atoms with Crippen LogP contribution in [0.1, 0.15) is 128 Å². The maximum atomic E-state index is 12.6. The molecular weight excluding hydrogens is 590 g/mol. The van der Waals surface area contributed by atoms with Crippen molar-refractivity contribution in [3.05, 3.63) is 0 Å². The molecule has 47 heavy (non-hydrogen) atoms. The Kier molecular flexibility index (Phi) is 8.31. The SMILES string of the molecule is CCO[C@@H]([C@H]1C[C@@H](C)[C@H]2[C@H](O1)[C@H](O)[C@@]1(C)[C@@H]3CC[C@H]4C(C)(C)[C@@H](O[C@H]5CN(C(C)(C)C)CCO5)CC[C@@]45C[C@@]35CC[C@]21C)C(C)(C)O. The van der Waals surface area contributed by atoms with E-state index in [9.17, 15) is 10.2 Å². The second-order valence-corrected chi connectivity index (χ2v) is 20.1. The Morgan fingerprint density at radius 2 is 1.64 bits per heavy atom. The molecule has 7 fully saturated rings. The van der Waals surface area contributed by atoms with Gasteiger partial charge in [-0.25, -0.2) is 0 Å². The van der Waals surface area contributed by atoms with E-state index in [0.29, 0.717) is 41.1 Å². The lowest BCUT2D eigenvalue weighted by atomic mass is 9.41. The molecule has 0 aromatic heterocycles. The molecule has 7 nitrogen and oxygen atoms in total. The minimum atomic E-state index is -1.01. The van der Waals surface area contributed by atoms with Gasteiger partial charge in [0.1, 0.15) is 6.10 Å². The molecule has 5 saturated carbocycles. The van der Waals surface area contributed by atoms with E-state index in [4.69, 9.17) is 18.9 Å². The van der Waals surface area contributed by atoms with E-state index in [0.717, 1.165) is 32.5 Å². The number of hydrogen-bond donors (Lipinski definition) is 2. The summed E-state index contributed by atoms with van der Waals surface area (Å²) in [5.41, 5.74) is -0.305. The van der Waals surface area contributed by atoms with Crippen LogP contribution in [0.25, 0.3) is 0 Å². The molecule has 14 atom stereocenters. The normalized spacial score (nSPS) is 51.6. The summed E-state index contributed by atoms with van der Waals surface area (Å²) in [6.45, 7) is 28.0. The van der Waals surface area contributed by atoms with Crippen LogP contribution in [0.4, 0.5) is 0 Å². The predicted octanol–water partition coefficient (Wildman–Crippen LogP) is 6.82. The molecule has 0 aromatic carbocycles. The smallest absolute Gasteiger partial charge is 0.170 e. The van der Waals surface area contributed by atoms with Crippen molar-refractivity contribution in [2.45, 2.75) is 175 Å². The lowest BCUT2D eigenvalue weighted by Gasteiger charge is -2.64. The number of nitrogens with zero attached hydrogens (tertiary/aromatic N) is 1. The van der Waals surface area contributed by atoms with Crippen LogP contribution in [0.15, 0.2) is 0 Å². The van der Waals surface area contributed by atoms with Crippen LogP contribution in [-0.4, -0.2) is 89.4 Å². The first-order valence-corrected chi connectivity index (χ1v) is 19.5. The van der Waals surface area contributed by atoms with Crippen molar-refractivity contribution in [1.82, 2.24) is 4.90 Å². The summed E-state index contributed by atoms with van der Waals surface area (Å²) in [6.07, 6.45) is 8.10. The number of aliphatic hydroxyl groups is 2. The molecule has 2 spiro atoms. The lowest BCUT2D eigenvalue weighted by molar-refractivity contribution is -0.253. The van der Waals surface area contributed by atoms with Gasteiger partial charge in [0.25, 0.3) is 0 Å². The molecular formula is C40H69NO6. The molecule has 2 heterocycles. The number of hydrogen-bond acceptors (Lipinski definition) is 7. The second-order valence-electron chi connectivity index (χ2n) is 20.1. The van der Waals surface area contributed by atoms with Crippen molar-refractivity contribution < 1.29 is 29.2 Å². The van der Waals surface area contributed by atoms with Gasteiger partial charge >= 0.3 is 0 Å². The average Bonchev–Trinajstić information content (AvgIpc) is 3.61. The van der Waals surface area contributed by atoms with Gasteiger partial charge in [-0.2, -0.15) is 0 Å². The maximum Gasteiger partial charge on any atom is 0.170 e. The minimum absolute atomic E-state index is 0.0247. The molecule has 7 rings (SSSR count). The first kappa shape index (κ1) is 35.1. The van der Waals surface area contributed by atoms with Gasteiger partial charge in [-0.3, -0.25) is 4.90 Å². The molecule has 270 valence electrons. The zero-order valence-corrected chi connectivity index (χ0v) is 31.7. The molecule has 2 N–H and O–H groups in total. The molecule has 7 heteroatoms. The fourth-order valence-corrected chi connectivity index (χ4v) is 14.2. The van der Waals surface area contributed by atoms with Crippen LogP contribution in [0.2, 0.25) is 0 Å². The van der Waals surface area contributed by atoms with Crippen molar-refractivity contribution in [3.8, 4) is 0 Å². The predicted molar refractivity (Wildman–Crippen MR) is 184 cm³/mol. The summed E-state index contributed by atoms with van der Waals surface area (Å²) < 4.78 is 26.3. The third kappa shape index (κ3) is 4.82. The molecule has 0 radical (unpaired) electrons. The topological polar surface area (TPSA) is 80.6 Å². The van der Waals surface area contributed by atoms with Gasteiger partial charge in [0.05, 0.1) is 43.2 Å². The third-order valence-electron chi connectivity index (χ3n) is 16.4. The Balaban J connectivity index is 1.13. The summed E-state index contributed by atoms with van der Waals surface area (Å²) in [5, 5.41) is 23.7. The zero-order valence-electron chi connectivity index (χ0n) is 31.7. The largest absolute Gasteiger partial charge is 0.390 e. The highest BCUT2D eigenvalue weighted by atomic mass is 16.7. The molecule has 2 saturated heterocycles. The molecule has 0 unspecified atom stereocenters. The number of ether oxygens (including phenoxy) is 4. The number of morpholine rings is 1. The average molecular weight is 660 g/mol. The summed E-state index contributed by atoms with van der Waals surface area (Å²) in [4.78, 5) is 2.51. The van der Waals surface area contributed by atoms with E-state index in [1.165, 1.54) is 38.5 Å². The van der Waals surface area contributed by atoms with Crippen molar-refractivity contribution in [3.63, 3.8) is 0 Å². The lowest BCUT2D eigenvalue weighted by Crippen LogP contribution is -2.60. The highest BCUT2D eigenvalue weighted by molar-refractivity contribution is 5.33. The van der Waals surface area contributed by atoms with Crippen LogP contribution < -0.4 is 0 Å². The van der Waals surface area contributed by atoms with Gasteiger partial charge in [-0.15, -0.1) is 0 Å². The van der Waals surface area contributed by atoms with E-state index in [-0.39, 0.29) is 46.4 Å². The Bertz CT molecular complexity index is 1190. The quantitative estimate of drug-likeness (QED) is 0.324. The monoisotopic (exact) mass is 660 g/mol. The van der Waals surface area contributed by atoms with Gasteiger partial charge in [0.2, 0.25) is 0 Å². The van der Waals surface area contributed by atoms with Crippen molar-refractivity contribution in [1.29, 1.82) is 0 Å². The van der Waals surface area contributed by atoms with Crippen LogP contribution in [0.5, 0.6) is 0 Å². The summed E-state index contributed by atoms with van der Waals surface area (Å²) in [6, 6.07) is 0. The summed E-state index contributed by atoms with van der Waals surface area (Å²) in [7, 11) is 0. The van der Waals surface area contributed by atoms with Gasteiger partial charge in [0.15, 0.2) is 6.29 Å². The first-order chi connectivity index (χ1) is 21.8. The Morgan fingerprint density at radius 3 is 2.30 bits per heavy atom. The molecule has 0 bridgehead atoms. The molecule has 7 aliphatic rings. The van der Waals surface area contributed by atoms with Crippen LogP contribution in [0, 0.1) is 50.7 Å². The van der Waals surface area contributed by atoms with E-state index in [1.807, 2.05) is 20.8 Å². The van der Waals surface area contributed by atoms with Crippen molar-refractivity contribution >= 4 is 0 Å². The van der Waals surface area contributed by atoms with Crippen molar-refractivity contribution in [2.75, 3.05) is 26.3 Å². The highest BCUT2D eigenvalue weighted by Gasteiger charge is 2.84. The van der Waals surface area contributed by atoms with Crippen LogP contribution >= 0.6 is 0 Å². The van der Waals surface area contributed by atoms with E-state index >= 15 is 0 Å². The second kappa shape index (κ2) is 11.1. The fourth-order valence-electron chi connectivity index (χ4n) is 14.2. The molecule has 0 aromatic rings. The van der Waals surface area contributed by atoms with Gasteiger partial charge < -0.3 is 29.2 Å². The molecule has 2 aliphatic heterocycles. The highest BCUT2D eigenvalue weighted by Crippen LogP contribution is 2.89. The van der Waals surface area contributed by atoms with Gasteiger partial charge in [0, 0.05) is 24.1 Å². The maximum absolute atomic E-state index is 12.6. The van der Waals surface area contributed by atoms with Gasteiger partial charge in [-0.05, 0) is 138 Å². The summed E-state index contributed by atoms with van der Waals surface area (Å²) in [5.74, 6) is 1.86. The summed E-state index contributed by atoms with van der Waals surface area (Å²) >= 11 is 0. The van der Waals surface area contributed by atoms with Crippen molar-refractivity contribution in [2.24, 2.45) is 50.7 Å². The number of fused-ring (bicyclic) bond motifs is 4. The van der Waals surface area contributed by atoms with E-state index < -0.39 is 17.8 Å². The molecule has 5 aliphatic carbocycles. The number of rotatable bonds is 6. The minimum Gasteiger partial charge on any atom is -0.390 e. The molecule has 0 amide bonds. The van der Waals surface area contributed by atoms with Crippen LogP contribution in [-0.2, 0) is 18.9 Å². The van der Waals surface area contributed by atoms with Gasteiger partial charge in [-0.1, -0.05) is 34.6 Å². The van der Waals surface area contributed by atoms with E-state index in [1.54, 1.807) is 0 Å². The Morgan fingerprint density at radius 1 is 0.957 bits per heavy atom. The van der Waals surface area contributed by atoms with E-state index in [2.05, 4.69) is 60.3 Å². The standard InChI is InChI=1S/C40H69NO6/c1-12-44-33(36(8,9)43)25-21-24(2)30-31(46-25)32(42)38(11)27-14-13-26-35(6,7)28(47-29-22-41(19-20-45-29)34(3,4)5)15-16-39(26)23-40(27,39)18-17-37(30,38)10/h24-33,42-43H,12-23H2,1-11H3/t24-,25-,26+,27+,28+,29+,30+,31+,32+,33+,37-,38-,39-,40+/m1/s1. The fraction of sp³-hybridized carbons (Fsp3) is 1.00. The Hall–Kier alpha value is -0.280. The Labute approximate surface area is 286 Å². The first-order valence-electron chi connectivity index (χ1n) is 19.5.